The van der Waals surface area contributed by atoms with Crippen molar-refractivity contribution in [2.45, 2.75) is 39.2 Å². The molecule has 8 heteroatoms. The first-order valence-electron chi connectivity index (χ1n) is 10.3. The lowest BCUT2D eigenvalue weighted by Gasteiger charge is -2.33. The second kappa shape index (κ2) is 8.30. The lowest BCUT2D eigenvalue weighted by molar-refractivity contribution is 0.0517. The average Bonchev–Trinajstić information content (AvgIpc) is 3.16. The first-order chi connectivity index (χ1) is 14.4. The molecule has 0 bridgehead atoms. The van der Waals surface area contributed by atoms with Crippen LogP contribution in [0.25, 0.3) is 16.7 Å². The monoisotopic (exact) mass is 408 g/mol. The Morgan fingerprint density at radius 2 is 2.03 bits per heavy atom. The van der Waals surface area contributed by atoms with Crippen molar-refractivity contribution in [3.63, 3.8) is 0 Å². The lowest BCUT2D eigenvalue weighted by Crippen LogP contribution is -2.40. The summed E-state index contributed by atoms with van der Waals surface area (Å²) in [5.41, 5.74) is 1.38. The van der Waals surface area contributed by atoms with E-state index in [1.165, 1.54) is 0 Å². The number of amides is 1. The first-order valence-corrected chi connectivity index (χ1v) is 10.3. The summed E-state index contributed by atoms with van der Waals surface area (Å²) in [6.45, 7) is 8.04. The van der Waals surface area contributed by atoms with E-state index in [0.717, 1.165) is 48.5 Å². The van der Waals surface area contributed by atoms with Crippen LogP contribution in [0.15, 0.2) is 43.1 Å². The molecular formula is C22H28N6O2. The third-order valence-corrected chi connectivity index (χ3v) is 5.23. The maximum atomic E-state index is 11.9. The van der Waals surface area contributed by atoms with E-state index in [-0.39, 0.29) is 6.09 Å². The summed E-state index contributed by atoms with van der Waals surface area (Å²) in [5.74, 6) is 1.40. The van der Waals surface area contributed by atoms with Crippen LogP contribution < -0.4 is 10.2 Å². The van der Waals surface area contributed by atoms with Crippen molar-refractivity contribution in [2.24, 2.45) is 5.92 Å². The number of anilines is 1. The molecule has 0 saturated carbocycles. The highest BCUT2D eigenvalue weighted by Crippen LogP contribution is 2.29. The predicted octanol–water partition coefficient (Wildman–Crippen LogP) is 3.56. The lowest BCUT2D eigenvalue weighted by atomic mass is 9.97. The van der Waals surface area contributed by atoms with Crippen molar-refractivity contribution in [1.82, 2.24) is 24.8 Å². The SMILES string of the molecule is CC(C)(C)OC(=O)NCC1CCN(c2ncnc3c2ccn3-c2cccnc2)CC1. The number of carbonyl (C=O) groups is 1. The van der Waals surface area contributed by atoms with Crippen LogP contribution in [0.5, 0.6) is 0 Å². The number of rotatable bonds is 4. The van der Waals surface area contributed by atoms with Gasteiger partial charge in [-0.15, -0.1) is 0 Å². The molecule has 3 aromatic heterocycles. The van der Waals surface area contributed by atoms with E-state index in [1.807, 2.05) is 49.9 Å². The van der Waals surface area contributed by atoms with Gasteiger partial charge in [-0.25, -0.2) is 14.8 Å². The maximum Gasteiger partial charge on any atom is 0.407 e. The fraction of sp³-hybridized carbons (Fsp3) is 0.455. The third-order valence-electron chi connectivity index (χ3n) is 5.23. The highest BCUT2D eigenvalue weighted by atomic mass is 16.6. The molecule has 3 aromatic rings. The molecule has 0 spiro atoms. The van der Waals surface area contributed by atoms with Gasteiger partial charge in [0.15, 0.2) is 0 Å². The second-order valence-electron chi connectivity index (χ2n) is 8.64. The number of carbonyl (C=O) groups excluding carboxylic acids is 1. The summed E-state index contributed by atoms with van der Waals surface area (Å²) < 4.78 is 7.35. The molecule has 30 heavy (non-hydrogen) atoms. The van der Waals surface area contributed by atoms with E-state index in [4.69, 9.17) is 4.74 Å². The summed E-state index contributed by atoms with van der Waals surface area (Å²) in [7, 11) is 0. The Morgan fingerprint density at radius 1 is 1.23 bits per heavy atom. The molecule has 1 aliphatic rings. The van der Waals surface area contributed by atoms with Crippen LogP contribution in [-0.4, -0.2) is 50.8 Å². The van der Waals surface area contributed by atoms with E-state index in [9.17, 15) is 4.79 Å². The van der Waals surface area contributed by atoms with Gasteiger partial charge in [0, 0.05) is 32.0 Å². The first kappa shape index (κ1) is 20.1. The van der Waals surface area contributed by atoms with Gasteiger partial charge in [0.25, 0.3) is 0 Å². The molecule has 1 N–H and O–H groups in total. The minimum atomic E-state index is -0.474. The van der Waals surface area contributed by atoms with E-state index < -0.39 is 5.60 Å². The Bertz CT molecular complexity index is 1000. The Balaban J connectivity index is 1.41. The highest BCUT2D eigenvalue weighted by Gasteiger charge is 2.24. The fourth-order valence-corrected chi connectivity index (χ4v) is 3.79. The molecule has 0 unspecified atom stereocenters. The number of hydrogen-bond acceptors (Lipinski definition) is 6. The van der Waals surface area contributed by atoms with E-state index >= 15 is 0 Å². The van der Waals surface area contributed by atoms with Gasteiger partial charge in [0.1, 0.15) is 23.4 Å². The minimum Gasteiger partial charge on any atom is -0.444 e. The molecule has 1 aliphatic heterocycles. The van der Waals surface area contributed by atoms with Crippen LogP contribution in [-0.2, 0) is 4.74 Å². The average molecular weight is 409 g/mol. The molecule has 0 radical (unpaired) electrons. The van der Waals surface area contributed by atoms with E-state index in [0.29, 0.717) is 12.5 Å². The van der Waals surface area contributed by atoms with Crippen LogP contribution in [0.1, 0.15) is 33.6 Å². The summed E-state index contributed by atoms with van der Waals surface area (Å²) in [6.07, 6.45) is 8.86. The number of nitrogens with one attached hydrogen (secondary N) is 1. The number of alkyl carbamates (subject to hydrolysis) is 1. The van der Waals surface area contributed by atoms with Gasteiger partial charge in [-0.2, -0.15) is 0 Å². The summed E-state index contributed by atoms with van der Waals surface area (Å²) in [4.78, 5) is 27.5. The standard InChI is InChI=1S/C22H28N6O2/c1-22(2,3)30-21(29)24-13-16-6-10-27(11-7-16)19-18-8-12-28(20(18)26-15-25-19)17-5-4-9-23-14-17/h4-5,8-9,12,14-16H,6-7,10-11,13H2,1-3H3,(H,24,29). The maximum absolute atomic E-state index is 11.9. The predicted molar refractivity (Wildman–Crippen MR) is 116 cm³/mol. The molecule has 1 saturated heterocycles. The van der Waals surface area contributed by atoms with Gasteiger partial charge >= 0.3 is 6.09 Å². The number of aromatic nitrogens is 4. The number of ether oxygens (including phenoxy) is 1. The zero-order valence-electron chi connectivity index (χ0n) is 17.7. The Labute approximate surface area is 176 Å². The van der Waals surface area contributed by atoms with Gasteiger partial charge in [-0.3, -0.25) is 9.55 Å². The highest BCUT2D eigenvalue weighted by molar-refractivity contribution is 5.89. The van der Waals surface area contributed by atoms with Crippen LogP contribution in [0, 0.1) is 5.92 Å². The van der Waals surface area contributed by atoms with Crippen LogP contribution >= 0.6 is 0 Å². The Morgan fingerprint density at radius 3 is 2.73 bits per heavy atom. The number of pyridine rings is 1. The van der Waals surface area contributed by atoms with Crippen LogP contribution in [0.4, 0.5) is 10.6 Å². The van der Waals surface area contributed by atoms with Gasteiger partial charge < -0.3 is 15.0 Å². The molecule has 158 valence electrons. The topological polar surface area (TPSA) is 85.2 Å². The largest absolute Gasteiger partial charge is 0.444 e. The number of fused-ring (bicyclic) bond motifs is 1. The van der Waals surface area contributed by atoms with Gasteiger partial charge in [-0.1, -0.05) is 0 Å². The normalized spacial score (nSPS) is 15.4. The zero-order valence-corrected chi connectivity index (χ0v) is 17.7. The summed E-state index contributed by atoms with van der Waals surface area (Å²) >= 11 is 0. The van der Waals surface area contributed by atoms with Crippen LogP contribution in [0.2, 0.25) is 0 Å². The smallest absolute Gasteiger partial charge is 0.407 e. The third kappa shape index (κ3) is 4.53. The molecular weight excluding hydrogens is 380 g/mol. The van der Waals surface area contributed by atoms with Crippen LogP contribution in [0.3, 0.4) is 0 Å². The Hall–Kier alpha value is -3.16. The number of nitrogens with zero attached hydrogens (tertiary/aromatic N) is 5. The van der Waals surface area contributed by atoms with Crippen molar-refractivity contribution >= 4 is 22.9 Å². The quantitative estimate of drug-likeness (QED) is 0.711. The van der Waals surface area contributed by atoms with E-state index in [1.54, 1.807) is 12.5 Å². The van der Waals surface area contributed by atoms with E-state index in [2.05, 4.69) is 31.2 Å². The molecule has 0 aliphatic carbocycles. The number of piperidine rings is 1. The molecule has 4 rings (SSSR count). The van der Waals surface area contributed by atoms with Crippen molar-refractivity contribution in [1.29, 1.82) is 0 Å². The van der Waals surface area contributed by atoms with Gasteiger partial charge in [0.05, 0.1) is 17.3 Å². The van der Waals surface area contributed by atoms with Crippen molar-refractivity contribution in [3.8, 4) is 5.69 Å². The molecule has 4 heterocycles. The van der Waals surface area contributed by atoms with Crippen molar-refractivity contribution in [2.75, 3.05) is 24.5 Å². The minimum absolute atomic E-state index is 0.348. The van der Waals surface area contributed by atoms with Crippen molar-refractivity contribution < 1.29 is 9.53 Å². The molecule has 8 nitrogen and oxygen atoms in total. The second-order valence-corrected chi connectivity index (χ2v) is 8.64. The van der Waals surface area contributed by atoms with Gasteiger partial charge in [0.2, 0.25) is 0 Å². The van der Waals surface area contributed by atoms with Crippen molar-refractivity contribution in [3.05, 3.63) is 43.1 Å². The molecule has 1 amide bonds. The Kier molecular flexibility index (Phi) is 5.57. The number of hydrogen-bond donors (Lipinski definition) is 1. The summed E-state index contributed by atoms with van der Waals surface area (Å²) in [6, 6.07) is 5.99. The molecule has 0 atom stereocenters. The molecule has 0 aromatic carbocycles. The zero-order chi connectivity index (χ0) is 21.1. The van der Waals surface area contributed by atoms with Gasteiger partial charge in [-0.05, 0) is 57.7 Å². The fourth-order valence-electron chi connectivity index (χ4n) is 3.79. The summed E-state index contributed by atoms with van der Waals surface area (Å²) in [5, 5.41) is 3.93. The molecule has 1 fully saturated rings.